The van der Waals surface area contributed by atoms with E-state index in [4.69, 9.17) is 0 Å². The van der Waals surface area contributed by atoms with Crippen molar-refractivity contribution in [3.05, 3.63) is 48.3 Å². The van der Waals surface area contributed by atoms with Crippen LogP contribution in [-0.2, 0) is 16.1 Å². The van der Waals surface area contributed by atoms with E-state index in [0.717, 1.165) is 5.56 Å². The second kappa shape index (κ2) is 7.09. The van der Waals surface area contributed by atoms with Crippen molar-refractivity contribution in [2.45, 2.75) is 25.9 Å². The fourth-order valence-corrected chi connectivity index (χ4v) is 4.41. The number of benzene rings is 1. The molecule has 3 heterocycles. The van der Waals surface area contributed by atoms with Gasteiger partial charge in [-0.15, -0.1) is 0 Å². The number of halogens is 1. The monoisotopic (exact) mass is 371 g/mol. The number of hydrogen-bond donors (Lipinski definition) is 0. The summed E-state index contributed by atoms with van der Waals surface area (Å²) in [6, 6.07) is 6.25. The minimum absolute atomic E-state index is 0.0114. The summed E-state index contributed by atoms with van der Waals surface area (Å²) in [5, 5.41) is 4.02. The van der Waals surface area contributed by atoms with Crippen LogP contribution in [0.1, 0.15) is 24.9 Å². The summed E-state index contributed by atoms with van der Waals surface area (Å²) in [6.45, 7) is 3.88. The predicted molar refractivity (Wildman–Crippen MR) is 94.7 cm³/mol. The van der Waals surface area contributed by atoms with Crippen LogP contribution in [0.2, 0.25) is 0 Å². The van der Waals surface area contributed by atoms with Gasteiger partial charge in [-0.1, -0.05) is 12.1 Å². The van der Waals surface area contributed by atoms with E-state index in [1.165, 1.54) is 18.5 Å². The molecule has 142 valence electrons. The number of nitrogens with zero attached hydrogens (tertiary/aromatic N) is 5. The molecule has 2 amide bonds. The molecule has 1 aromatic carbocycles. The fourth-order valence-electron chi connectivity index (χ4n) is 4.41. The molecule has 0 bridgehead atoms. The average Bonchev–Trinajstić information content (AvgIpc) is 3.34. The minimum atomic E-state index is -0.307. The predicted octanol–water partition coefficient (Wildman–Crippen LogP) is 1.49. The molecule has 4 rings (SSSR count). The van der Waals surface area contributed by atoms with E-state index >= 15 is 0 Å². The van der Waals surface area contributed by atoms with Crippen LogP contribution in [0.3, 0.4) is 0 Å². The maximum atomic E-state index is 13.8. The third-order valence-corrected chi connectivity index (χ3v) is 5.63. The lowest BCUT2D eigenvalue weighted by atomic mass is 9.89. The molecule has 7 nitrogen and oxygen atoms in total. The molecule has 2 fully saturated rings. The molecule has 2 aliphatic heterocycles. The fraction of sp³-hybridized carbons (Fsp3) is 0.474. The number of rotatable bonds is 4. The normalized spacial score (nSPS) is 24.3. The Labute approximate surface area is 156 Å². The Balaban J connectivity index is 1.48. The first kappa shape index (κ1) is 17.6. The summed E-state index contributed by atoms with van der Waals surface area (Å²) in [5.74, 6) is 0.108. The highest BCUT2D eigenvalue weighted by atomic mass is 19.1. The Morgan fingerprint density at radius 1 is 1.26 bits per heavy atom. The Morgan fingerprint density at radius 2 is 2.11 bits per heavy atom. The molecule has 27 heavy (non-hydrogen) atoms. The highest BCUT2D eigenvalue weighted by molar-refractivity contribution is 5.77. The van der Waals surface area contributed by atoms with Crippen LogP contribution >= 0.6 is 0 Å². The summed E-state index contributed by atoms with van der Waals surface area (Å²) in [4.78, 5) is 32.3. The number of aryl methyl sites for hydroxylation is 1. The number of likely N-dealkylation sites (tertiary alicyclic amines) is 2. The first-order valence-electron chi connectivity index (χ1n) is 9.16. The largest absolute Gasteiger partial charge is 0.342 e. The van der Waals surface area contributed by atoms with Gasteiger partial charge in [0.1, 0.15) is 18.5 Å². The van der Waals surface area contributed by atoms with Gasteiger partial charge in [0.2, 0.25) is 11.8 Å². The van der Waals surface area contributed by atoms with Crippen molar-refractivity contribution in [1.29, 1.82) is 0 Å². The first-order chi connectivity index (χ1) is 13.0. The molecular weight excluding hydrogens is 349 g/mol. The third-order valence-electron chi connectivity index (χ3n) is 5.63. The molecule has 8 heteroatoms. The highest BCUT2D eigenvalue weighted by Crippen LogP contribution is 2.45. The van der Waals surface area contributed by atoms with E-state index in [9.17, 15) is 14.0 Å². The van der Waals surface area contributed by atoms with Crippen LogP contribution in [-0.4, -0.2) is 56.0 Å². The maximum Gasteiger partial charge on any atom is 0.224 e. The Bertz CT molecular complexity index is 840. The summed E-state index contributed by atoms with van der Waals surface area (Å²) in [5.41, 5.74) is 0.801. The zero-order valence-corrected chi connectivity index (χ0v) is 15.2. The van der Waals surface area contributed by atoms with Crippen LogP contribution in [0.15, 0.2) is 36.9 Å². The van der Waals surface area contributed by atoms with Gasteiger partial charge in [-0.05, 0) is 17.7 Å². The van der Waals surface area contributed by atoms with Gasteiger partial charge in [-0.25, -0.2) is 9.37 Å². The number of carbonyl (C=O) groups excluding carboxylic acids is 2. The Hall–Kier alpha value is -2.77. The van der Waals surface area contributed by atoms with E-state index in [1.807, 2.05) is 15.9 Å². The maximum absolute atomic E-state index is 13.8. The molecular formula is C19H22FN5O2. The van der Waals surface area contributed by atoms with E-state index in [-0.39, 0.29) is 35.5 Å². The number of carbonyl (C=O) groups is 2. The quantitative estimate of drug-likeness (QED) is 0.816. The van der Waals surface area contributed by atoms with Gasteiger partial charge >= 0.3 is 0 Å². The zero-order chi connectivity index (χ0) is 19.0. The molecule has 0 saturated carbocycles. The van der Waals surface area contributed by atoms with Crippen molar-refractivity contribution in [3.8, 4) is 0 Å². The highest BCUT2D eigenvalue weighted by Gasteiger charge is 2.49. The molecule has 2 saturated heterocycles. The molecule has 0 radical (unpaired) electrons. The standard InChI is InChI=1S/C19H22FN5O2/c1-13(26)25-9-15-8-23(18(27)5-6-24-12-21-11-22-24)10-17(15)19(25)14-3-2-4-16(20)7-14/h2-4,7,11-12,15,17,19H,5-6,8-10H2,1H3/t15-,17-,19-/m1/s1. The topological polar surface area (TPSA) is 71.3 Å². The van der Waals surface area contributed by atoms with E-state index in [0.29, 0.717) is 32.6 Å². The average molecular weight is 371 g/mol. The van der Waals surface area contributed by atoms with Crippen molar-refractivity contribution in [2.24, 2.45) is 11.8 Å². The van der Waals surface area contributed by atoms with Crippen LogP contribution in [0, 0.1) is 17.7 Å². The van der Waals surface area contributed by atoms with Gasteiger partial charge in [0.05, 0.1) is 12.6 Å². The van der Waals surface area contributed by atoms with Gasteiger partial charge in [0.15, 0.2) is 0 Å². The van der Waals surface area contributed by atoms with Crippen LogP contribution in [0.5, 0.6) is 0 Å². The van der Waals surface area contributed by atoms with Crippen molar-refractivity contribution in [1.82, 2.24) is 24.6 Å². The molecule has 0 spiro atoms. The SMILES string of the molecule is CC(=O)N1C[C@H]2CN(C(=O)CCn3cncn3)C[C@H]2[C@H]1c1cccc(F)c1. The third kappa shape index (κ3) is 3.43. The lowest BCUT2D eigenvalue weighted by molar-refractivity contribution is -0.132. The Morgan fingerprint density at radius 3 is 2.81 bits per heavy atom. The molecule has 2 aliphatic rings. The molecule has 3 atom stereocenters. The summed E-state index contributed by atoms with van der Waals surface area (Å²) >= 11 is 0. The molecule has 0 unspecified atom stereocenters. The van der Waals surface area contributed by atoms with Gasteiger partial charge in [-0.3, -0.25) is 14.3 Å². The summed E-state index contributed by atoms with van der Waals surface area (Å²) in [6.07, 6.45) is 3.41. The number of fused-ring (bicyclic) bond motifs is 1. The van der Waals surface area contributed by atoms with Gasteiger partial charge in [-0.2, -0.15) is 5.10 Å². The summed E-state index contributed by atoms with van der Waals surface area (Å²) < 4.78 is 15.4. The lowest BCUT2D eigenvalue weighted by Gasteiger charge is -2.29. The van der Waals surface area contributed by atoms with Crippen LogP contribution in [0.4, 0.5) is 4.39 Å². The first-order valence-corrected chi connectivity index (χ1v) is 9.16. The number of aromatic nitrogens is 3. The van der Waals surface area contributed by atoms with Gasteiger partial charge in [0, 0.05) is 44.8 Å². The smallest absolute Gasteiger partial charge is 0.224 e. The van der Waals surface area contributed by atoms with Crippen LogP contribution in [0.25, 0.3) is 0 Å². The molecule has 1 aromatic heterocycles. The van der Waals surface area contributed by atoms with Gasteiger partial charge in [0.25, 0.3) is 0 Å². The molecule has 2 aromatic rings. The van der Waals surface area contributed by atoms with E-state index in [1.54, 1.807) is 24.0 Å². The summed E-state index contributed by atoms with van der Waals surface area (Å²) in [7, 11) is 0. The minimum Gasteiger partial charge on any atom is -0.342 e. The van der Waals surface area contributed by atoms with E-state index < -0.39 is 0 Å². The molecule has 0 N–H and O–H groups in total. The molecule has 0 aliphatic carbocycles. The Kier molecular flexibility index (Phi) is 4.63. The van der Waals surface area contributed by atoms with Crippen molar-refractivity contribution >= 4 is 11.8 Å². The van der Waals surface area contributed by atoms with Crippen molar-refractivity contribution < 1.29 is 14.0 Å². The van der Waals surface area contributed by atoms with E-state index in [2.05, 4.69) is 10.1 Å². The second-order valence-corrected chi connectivity index (χ2v) is 7.30. The lowest BCUT2D eigenvalue weighted by Crippen LogP contribution is -2.36. The van der Waals surface area contributed by atoms with Gasteiger partial charge < -0.3 is 9.80 Å². The van der Waals surface area contributed by atoms with Crippen molar-refractivity contribution in [2.75, 3.05) is 19.6 Å². The zero-order valence-electron chi connectivity index (χ0n) is 15.2. The van der Waals surface area contributed by atoms with Crippen LogP contribution < -0.4 is 0 Å². The number of hydrogen-bond acceptors (Lipinski definition) is 4. The number of amides is 2. The second-order valence-electron chi connectivity index (χ2n) is 7.30. The van der Waals surface area contributed by atoms with Crippen molar-refractivity contribution in [3.63, 3.8) is 0 Å².